The van der Waals surface area contributed by atoms with Crippen LogP contribution in [-0.2, 0) is 4.79 Å². The molecule has 0 aliphatic rings. The lowest BCUT2D eigenvalue weighted by molar-refractivity contribution is -0.166. The predicted molar refractivity (Wildman–Crippen MR) is 19.1 cm³/mol. The Hall–Kier alpha value is -0.810. The van der Waals surface area contributed by atoms with Gasteiger partial charge in [0.05, 0.1) is 0 Å². The topological polar surface area (TPSA) is 40.9 Å². The lowest BCUT2D eigenvalue weighted by atomic mass is 10.3. The molecule has 1 radical (unpaired) electrons. The van der Waals surface area contributed by atoms with Gasteiger partial charge in [0.2, 0.25) is 0 Å². The van der Waals surface area contributed by atoms with Crippen LogP contribution in [0.4, 0.5) is 17.6 Å². The van der Waals surface area contributed by atoms with Crippen molar-refractivity contribution in [1.82, 2.24) is 5.73 Å². The van der Waals surface area contributed by atoms with E-state index in [1.807, 2.05) is 0 Å². The van der Waals surface area contributed by atoms with E-state index in [0.717, 1.165) is 0 Å². The summed E-state index contributed by atoms with van der Waals surface area (Å²) in [5.74, 6) is -7.36. The monoisotopic (exact) mass is 144 g/mol. The van der Waals surface area contributed by atoms with Gasteiger partial charge >= 0.3 is 18.3 Å². The maximum absolute atomic E-state index is 11.4. The first-order valence-electron chi connectivity index (χ1n) is 1.81. The molecule has 0 saturated heterocycles. The molecule has 0 atom stereocenters. The quantitative estimate of drug-likeness (QED) is 0.525. The number of rotatable bonds is 2. The van der Waals surface area contributed by atoms with Crippen LogP contribution in [0.5, 0.6) is 0 Å². The Morgan fingerprint density at radius 3 is 1.78 bits per heavy atom. The second-order valence-electron chi connectivity index (χ2n) is 1.25. The Balaban J connectivity index is 4.19. The summed E-state index contributed by atoms with van der Waals surface area (Å²) in [6.45, 7) is 0. The summed E-state index contributed by atoms with van der Waals surface area (Å²) >= 11 is 0. The molecule has 2 nitrogen and oxygen atoms in total. The molecule has 9 heavy (non-hydrogen) atoms. The molecular formula is C3H2F4NO. The van der Waals surface area contributed by atoms with Crippen LogP contribution in [0.3, 0.4) is 0 Å². The smallest absolute Gasteiger partial charge is 0.266 e. The van der Waals surface area contributed by atoms with Crippen molar-refractivity contribution in [3.8, 4) is 0 Å². The van der Waals surface area contributed by atoms with Crippen molar-refractivity contribution in [1.29, 1.82) is 0 Å². The highest BCUT2D eigenvalue weighted by molar-refractivity contribution is 5.81. The van der Waals surface area contributed by atoms with Gasteiger partial charge in [0.25, 0.3) is 0 Å². The lowest BCUT2D eigenvalue weighted by Gasteiger charge is -2.07. The van der Waals surface area contributed by atoms with Crippen molar-refractivity contribution in [2.75, 3.05) is 0 Å². The van der Waals surface area contributed by atoms with Gasteiger partial charge in [-0.15, -0.1) is 0 Å². The highest BCUT2D eigenvalue weighted by atomic mass is 19.3. The van der Waals surface area contributed by atoms with E-state index >= 15 is 0 Å². The van der Waals surface area contributed by atoms with Crippen LogP contribution in [0.2, 0.25) is 0 Å². The third-order valence-electron chi connectivity index (χ3n) is 0.577. The zero-order valence-corrected chi connectivity index (χ0v) is 4.00. The second-order valence-corrected chi connectivity index (χ2v) is 1.25. The molecule has 53 valence electrons. The van der Waals surface area contributed by atoms with E-state index < -0.39 is 18.3 Å². The predicted octanol–water partition coefficient (Wildman–Crippen LogP) is 0.696. The van der Waals surface area contributed by atoms with Crippen LogP contribution in [0.15, 0.2) is 0 Å². The molecule has 0 aliphatic heterocycles. The average molecular weight is 144 g/mol. The van der Waals surface area contributed by atoms with Crippen LogP contribution < -0.4 is 5.73 Å². The molecule has 1 amide bonds. The molecule has 0 spiro atoms. The minimum atomic E-state index is -4.81. The molecule has 0 unspecified atom stereocenters. The Morgan fingerprint density at radius 2 is 1.78 bits per heavy atom. The standard InChI is InChI=1S/C3H2F4NO/c4-1(5)3(6,7)2(8)9/h1,8H. The highest BCUT2D eigenvalue weighted by Crippen LogP contribution is 2.21. The van der Waals surface area contributed by atoms with Crippen LogP contribution in [-0.4, -0.2) is 18.3 Å². The van der Waals surface area contributed by atoms with Gasteiger partial charge in [-0.3, -0.25) is 10.5 Å². The SMILES string of the molecule is [NH]C(=O)C(F)(F)C(F)F. The van der Waals surface area contributed by atoms with Gasteiger partial charge in [-0.05, 0) is 0 Å². The first-order valence-corrected chi connectivity index (χ1v) is 1.81. The Bertz CT molecular complexity index is 123. The number of amides is 1. The molecule has 0 rings (SSSR count). The number of carbonyl (C=O) groups is 1. The highest BCUT2D eigenvalue weighted by Gasteiger charge is 2.47. The van der Waals surface area contributed by atoms with Gasteiger partial charge in [0.15, 0.2) is 0 Å². The molecule has 0 bridgehead atoms. The largest absolute Gasteiger partial charge is 0.385 e. The van der Waals surface area contributed by atoms with Crippen molar-refractivity contribution in [2.45, 2.75) is 12.3 Å². The van der Waals surface area contributed by atoms with E-state index in [0.29, 0.717) is 0 Å². The third-order valence-corrected chi connectivity index (χ3v) is 0.577. The lowest BCUT2D eigenvalue weighted by Crippen LogP contribution is -2.37. The Morgan fingerprint density at radius 1 is 1.44 bits per heavy atom. The summed E-state index contributed by atoms with van der Waals surface area (Å²) in [5.41, 5.74) is 5.64. The van der Waals surface area contributed by atoms with E-state index in [9.17, 15) is 22.4 Å². The zero-order chi connectivity index (χ0) is 7.65. The fourth-order valence-electron chi connectivity index (χ4n) is 0.0991. The fourth-order valence-corrected chi connectivity index (χ4v) is 0.0991. The van der Waals surface area contributed by atoms with Crippen LogP contribution >= 0.6 is 0 Å². The van der Waals surface area contributed by atoms with Gasteiger partial charge in [-0.2, -0.15) is 8.78 Å². The molecular weight excluding hydrogens is 142 g/mol. The Kier molecular flexibility index (Phi) is 2.00. The maximum Gasteiger partial charge on any atom is 0.385 e. The molecule has 6 heteroatoms. The summed E-state index contributed by atoms with van der Waals surface area (Å²) in [5, 5.41) is 0. The first kappa shape index (κ1) is 8.19. The first-order chi connectivity index (χ1) is 3.89. The Labute approximate surface area is 47.6 Å². The number of carbonyl (C=O) groups excluding carboxylic acids is 1. The second kappa shape index (κ2) is 2.20. The van der Waals surface area contributed by atoms with Crippen molar-refractivity contribution >= 4 is 5.91 Å². The minimum absolute atomic E-state index is 2.56. The molecule has 0 aromatic rings. The summed E-state index contributed by atoms with van der Waals surface area (Å²) in [6.07, 6.45) is -4.08. The fraction of sp³-hybridized carbons (Fsp3) is 0.667. The van der Waals surface area contributed by atoms with E-state index in [2.05, 4.69) is 0 Å². The molecule has 0 saturated carbocycles. The van der Waals surface area contributed by atoms with Gasteiger partial charge in [0.1, 0.15) is 0 Å². The number of alkyl halides is 4. The summed E-state index contributed by atoms with van der Waals surface area (Å²) in [7, 11) is 0. The van der Waals surface area contributed by atoms with E-state index in [1.54, 1.807) is 0 Å². The molecule has 0 aromatic carbocycles. The molecule has 0 fully saturated rings. The maximum atomic E-state index is 11.4. The van der Waals surface area contributed by atoms with Crippen LogP contribution in [0.1, 0.15) is 0 Å². The summed E-state index contributed by atoms with van der Waals surface area (Å²) in [4.78, 5) is 9.34. The zero-order valence-electron chi connectivity index (χ0n) is 4.00. The normalized spacial score (nSPS) is 12.1. The number of nitrogens with one attached hydrogen (secondary N) is 1. The summed E-state index contributed by atoms with van der Waals surface area (Å²) < 4.78 is 44.7. The number of halogens is 4. The third kappa shape index (κ3) is 1.55. The van der Waals surface area contributed by atoms with E-state index in [4.69, 9.17) is 5.73 Å². The molecule has 0 aromatic heterocycles. The van der Waals surface area contributed by atoms with Gasteiger partial charge in [-0.1, -0.05) is 0 Å². The van der Waals surface area contributed by atoms with Crippen molar-refractivity contribution in [2.24, 2.45) is 0 Å². The van der Waals surface area contributed by atoms with Crippen molar-refractivity contribution in [3.05, 3.63) is 0 Å². The minimum Gasteiger partial charge on any atom is -0.266 e. The van der Waals surface area contributed by atoms with E-state index in [1.165, 1.54) is 0 Å². The van der Waals surface area contributed by atoms with E-state index in [-0.39, 0.29) is 0 Å². The van der Waals surface area contributed by atoms with Crippen LogP contribution in [0.25, 0.3) is 0 Å². The van der Waals surface area contributed by atoms with Crippen LogP contribution in [0, 0.1) is 0 Å². The van der Waals surface area contributed by atoms with Gasteiger partial charge in [-0.25, -0.2) is 8.78 Å². The van der Waals surface area contributed by atoms with Gasteiger partial charge < -0.3 is 0 Å². The van der Waals surface area contributed by atoms with Crippen molar-refractivity contribution in [3.63, 3.8) is 0 Å². The summed E-state index contributed by atoms with van der Waals surface area (Å²) in [6, 6.07) is 0. The molecule has 0 heterocycles. The molecule has 0 aliphatic carbocycles. The number of hydrogen-bond donors (Lipinski definition) is 0. The number of hydrogen-bond acceptors (Lipinski definition) is 1. The molecule has 1 N–H and O–H groups in total. The van der Waals surface area contributed by atoms with Gasteiger partial charge in [0, 0.05) is 0 Å². The average Bonchev–Trinajstić information content (AvgIpc) is 1.65. The van der Waals surface area contributed by atoms with Crippen molar-refractivity contribution < 1.29 is 22.4 Å².